The summed E-state index contributed by atoms with van der Waals surface area (Å²) < 4.78 is 1.87. The molecule has 0 aliphatic carbocycles. The SMILES string of the molecule is CN(Cc1ccc(-n2ccnc2)nc1)OCc1ccccc1. The minimum atomic E-state index is 0.567. The van der Waals surface area contributed by atoms with E-state index in [0.717, 1.165) is 16.9 Å². The zero-order valence-electron chi connectivity index (χ0n) is 12.5. The van der Waals surface area contributed by atoms with Gasteiger partial charge in [0.05, 0.1) is 13.2 Å². The number of nitrogens with zero attached hydrogens (tertiary/aromatic N) is 4. The maximum Gasteiger partial charge on any atom is 0.137 e. The van der Waals surface area contributed by atoms with Crippen molar-refractivity contribution >= 4 is 0 Å². The van der Waals surface area contributed by atoms with E-state index in [2.05, 4.69) is 22.1 Å². The minimum absolute atomic E-state index is 0.567. The zero-order valence-corrected chi connectivity index (χ0v) is 12.5. The summed E-state index contributed by atoms with van der Waals surface area (Å²) in [5, 5.41) is 1.82. The van der Waals surface area contributed by atoms with Gasteiger partial charge in [0, 0.05) is 25.6 Å². The van der Waals surface area contributed by atoms with Crippen molar-refractivity contribution in [2.24, 2.45) is 0 Å². The van der Waals surface area contributed by atoms with Gasteiger partial charge in [0.25, 0.3) is 0 Å². The van der Waals surface area contributed by atoms with Crippen LogP contribution in [0.3, 0.4) is 0 Å². The van der Waals surface area contributed by atoms with Crippen LogP contribution >= 0.6 is 0 Å². The molecule has 0 aliphatic heterocycles. The first kappa shape index (κ1) is 14.4. The van der Waals surface area contributed by atoms with Gasteiger partial charge >= 0.3 is 0 Å². The molecule has 3 rings (SSSR count). The molecule has 0 N–H and O–H groups in total. The molecule has 22 heavy (non-hydrogen) atoms. The molecule has 2 heterocycles. The van der Waals surface area contributed by atoms with Crippen molar-refractivity contribution in [1.29, 1.82) is 0 Å². The topological polar surface area (TPSA) is 43.2 Å². The van der Waals surface area contributed by atoms with E-state index in [9.17, 15) is 0 Å². The Morgan fingerprint density at radius 1 is 1.09 bits per heavy atom. The fourth-order valence-electron chi connectivity index (χ4n) is 2.12. The molecule has 112 valence electrons. The van der Waals surface area contributed by atoms with E-state index in [1.54, 1.807) is 12.5 Å². The molecule has 0 aliphatic rings. The summed E-state index contributed by atoms with van der Waals surface area (Å²) in [7, 11) is 1.92. The smallest absolute Gasteiger partial charge is 0.137 e. The average molecular weight is 294 g/mol. The van der Waals surface area contributed by atoms with Gasteiger partial charge in [-0.2, -0.15) is 5.06 Å². The molecule has 0 saturated heterocycles. The number of aromatic nitrogens is 3. The first-order valence-electron chi connectivity index (χ1n) is 7.12. The van der Waals surface area contributed by atoms with Crippen molar-refractivity contribution in [3.8, 4) is 5.82 Å². The molecule has 0 spiro atoms. The van der Waals surface area contributed by atoms with E-state index in [-0.39, 0.29) is 0 Å². The van der Waals surface area contributed by atoms with Gasteiger partial charge in [0.2, 0.25) is 0 Å². The van der Waals surface area contributed by atoms with Crippen molar-refractivity contribution in [1.82, 2.24) is 19.6 Å². The Bertz CT molecular complexity index is 680. The van der Waals surface area contributed by atoms with E-state index in [0.29, 0.717) is 13.2 Å². The third-order valence-corrected chi connectivity index (χ3v) is 3.28. The van der Waals surface area contributed by atoms with Gasteiger partial charge in [-0.25, -0.2) is 9.97 Å². The lowest BCUT2D eigenvalue weighted by Crippen LogP contribution is -2.18. The largest absolute Gasteiger partial charge is 0.294 e. The Morgan fingerprint density at radius 3 is 2.64 bits per heavy atom. The number of hydrogen-bond acceptors (Lipinski definition) is 4. The van der Waals surface area contributed by atoms with E-state index in [1.807, 2.05) is 59.4 Å². The molecule has 5 heteroatoms. The number of benzene rings is 1. The molecule has 0 radical (unpaired) electrons. The summed E-state index contributed by atoms with van der Waals surface area (Å²) in [6.45, 7) is 1.25. The summed E-state index contributed by atoms with van der Waals surface area (Å²) in [6.07, 6.45) is 7.20. The quantitative estimate of drug-likeness (QED) is 0.656. The summed E-state index contributed by atoms with van der Waals surface area (Å²) >= 11 is 0. The standard InChI is InChI=1S/C17H18N4O/c1-20(22-13-15-5-3-2-4-6-15)12-16-7-8-17(19-11-16)21-10-9-18-14-21/h2-11,14H,12-13H2,1H3. The summed E-state index contributed by atoms with van der Waals surface area (Å²) in [6, 6.07) is 14.1. The van der Waals surface area contributed by atoms with Crippen LogP contribution in [0.4, 0.5) is 0 Å². The third-order valence-electron chi connectivity index (χ3n) is 3.28. The number of rotatable bonds is 6. The average Bonchev–Trinajstić information content (AvgIpc) is 3.09. The van der Waals surface area contributed by atoms with Gasteiger partial charge in [-0.05, 0) is 17.2 Å². The third kappa shape index (κ3) is 3.78. The maximum atomic E-state index is 5.72. The second-order valence-corrected chi connectivity index (χ2v) is 5.04. The van der Waals surface area contributed by atoms with Crippen LogP contribution in [-0.2, 0) is 18.0 Å². The van der Waals surface area contributed by atoms with Gasteiger partial charge in [-0.15, -0.1) is 0 Å². The lowest BCUT2D eigenvalue weighted by Gasteiger charge is -2.16. The Kier molecular flexibility index (Phi) is 4.58. The number of hydrogen-bond donors (Lipinski definition) is 0. The lowest BCUT2D eigenvalue weighted by molar-refractivity contribution is -0.157. The van der Waals surface area contributed by atoms with Crippen molar-refractivity contribution in [2.75, 3.05) is 7.05 Å². The number of hydroxylamine groups is 2. The monoisotopic (exact) mass is 294 g/mol. The molecular weight excluding hydrogens is 276 g/mol. The van der Waals surface area contributed by atoms with Crippen molar-refractivity contribution in [3.05, 3.63) is 78.5 Å². The molecule has 1 aromatic carbocycles. The summed E-state index contributed by atoms with van der Waals surface area (Å²) in [5.41, 5.74) is 2.25. The van der Waals surface area contributed by atoms with Gasteiger partial charge < -0.3 is 0 Å². The van der Waals surface area contributed by atoms with Crippen molar-refractivity contribution in [2.45, 2.75) is 13.2 Å². The molecule has 0 saturated carbocycles. The highest BCUT2D eigenvalue weighted by Gasteiger charge is 2.03. The number of imidazole rings is 1. The summed E-state index contributed by atoms with van der Waals surface area (Å²) in [4.78, 5) is 14.2. The van der Waals surface area contributed by atoms with Crippen LogP contribution < -0.4 is 0 Å². The second-order valence-electron chi connectivity index (χ2n) is 5.04. The molecule has 0 atom stereocenters. The van der Waals surface area contributed by atoms with Crippen LogP contribution in [0.2, 0.25) is 0 Å². The minimum Gasteiger partial charge on any atom is -0.294 e. The Labute approximate surface area is 129 Å². The van der Waals surface area contributed by atoms with E-state index in [1.165, 1.54) is 0 Å². The van der Waals surface area contributed by atoms with Crippen LogP contribution in [0.25, 0.3) is 5.82 Å². The zero-order chi connectivity index (χ0) is 15.2. The predicted molar refractivity (Wildman–Crippen MR) is 84.1 cm³/mol. The normalized spacial score (nSPS) is 11.0. The second kappa shape index (κ2) is 6.98. The number of pyridine rings is 1. The molecule has 0 fully saturated rings. The highest BCUT2D eigenvalue weighted by atomic mass is 16.7. The first-order chi connectivity index (χ1) is 10.8. The Morgan fingerprint density at radius 2 is 1.95 bits per heavy atom. The first-order valence-corrected chi connectivity index (χ1v) is 7.12. The summed E-state index contributed by atoms with van der Waals surface area (Å²) in [5.74, 6) is 0.856. The highest BCUT2D eigenvalue weighted by molar-refractivity contribution is 5.25. The predicted octanol–water partition coefficient (Wildman–Crippen LogP) is 2.83. The van der Waals surface area contributed by atoms with E-state index < -0.39 is 0 Å². The van der Waals surface area contributed by atoms with Gasteiger partial charge in [-0.1, -0.05) is 36.4 Å². The Hall–Kier alpha value is -2.50. The van der Waals surface area contributed by atoms with Gasteiger partial charge in [-0.3, -0.25) is 9.40 Å². The molecule has 0 unspecified atom stereocenters. The molecule has 0 bridgehead atoms. The van der Waals surface area contributed by atoms with Crippen molar-refractivity contribution in [3.63, 3.8) is 0 Å². The van der Waals surface area contributed by atoms with Gasteiger partial charge in [0.15, 0.2) is 0 Å². The molecule has 5 nitrogen and oxygen atoms in total. The van der Waals surface area contributed by atoms with E-state index in [4.69, 9.17) is 4.84 Å². The molecule has 0 amide bonds. The van der Waals surface area contributed by atoms with Crippen LogP contribution in [-0.4, -0.2) is 26.6 Å². The van der Waals surface area contributed by atoms with Crippen LogP contribution in [0.15, 0.2) is 67.4 Å². The molecule has 2 aromatic heterocycles. The van der Waals surface area contributed by atoms with Crippen LogP contribution in [0, 0.1) is 0 Å². The van der Waals surface area contributed by atoms with Crippen molar-refractivity contribution < 1.29 is 4.84 Å². The van der Waals surface area contributed by atoms with Crippen LogP contribution in [0.1, 0.15) is 11.1 Å². The maximum absolute atomic E-state index is 5.72. The van der Waals surface area contributed by atoms with Gasteiger partial charge in [0.1, 0.15) is 12.1 Å². The molecule has 3 aromatic rings. The van der Waals surface area contributed by atoms with Crippen LogP contribution in [0.5, 0.6) is 0 Å². The lowest BCUT2D eigenvalue weighted by atomic mass is 10.2. The highest BCUT2D eigenvalue weighted by Crippen LogP contribution is 2.09. The Balaban J connectivity index is 1.54. The fraction of sp³-hybridized carbons (Fsp3) is 0.176. The molecular formula is C17H18N4O. The fourth-order valence-corrected chi connectivity index (χ4v) is 2.12. The van der Waals surface area contributed by atoms with E-state index >= 15 is 0 Å².